The van der Waals surface area contributed by atoms with Crippen molar-refractivity contribution in [1.82, 2.24) is 10.4 Å². The molecule has 196 valence electrons. The van der Waals surface area contributed by atoms with Gasteiger partial charge in [0.15, 0.2) is 0 Å². The number of amides is 3. The molecule has 0 radical (unpaired) electrons. The molecule has 0 unspecified atom stereocenters. The summed E-state index contributed by atoms with van der Waals surface area (Å²) in [5, 5.41) is 3.37. The monoisotopic (exact) mass is 508 g/mol. The molecule has 1 saturated heterocycles. The second-order valence-corrected chi connectivity index (χ2v) is 8.97. The van der Waals surface area contributed by atoms with Gasteiger partial charge in [-0.25, -0.2) is 4.79 Å². The lowest BCUT2D eigenvalue weighted by molar-refractivity contribution is -0.197. The Morgan fingerprint density at radius 3 is 2.16 bits per heavy atom. The predicted molar refractivity (Wildman–Crippen MR) is 134 cm³/mol. The number of nitrogens with one attached hydrogen (secondary N) is 1. The summed E-state index contributed by atoms with van der Waals surface area (Å²) < 4.78 is 5.11. The fraction of sp³-hybridized carbons (Fsp3) is 0.393. The number of benzene rings is 2. The van der Waals surface area contributed by atoms with E-state index in [0.29, 0.717) is 17.9 Å². The zero-order chi connectivity index (χ0) is 26.8. The van der Waals surface area contributed by atoms with Crippen LogP contribution in [0.25, 0.3) is 11.1 Å². The molecule has 3 rings (SSSR count). The van der Waals surface area contributed by atoms with E-state index in [1.54, 1.807) is 13.8 Å². The van der Waals surface area contributed by atoms with Gasteiger partial charge in [-0.3, -0.25) is 19.2 Å². The lowest BCUT2D eigenvalue weighted by Gasteiger charge is -2.22. The minimum absolute atomic E-state index is 0.000737. The number of hydrogen-bond donors (Lipinski definition) is 1. The summed E-state index contributed by atoms with van der Waals surface area (Å²) >= 11 is 0. The number of carbonyl (C=O) groups excluding carboxylic acids is 5. The van der Waals surface area contributed by atoms with Crippen molar-refractivity contribution in [3.63, 3.8) is 0 Å². The smallest absolute Gasteiger partial charge is 0.333 e. The number of esters is 1. The Hall–Kier alpha value is -4.01. The van der Waals surface area contributed by atoms with E-state index in [0.717, 1.165) is 16.7 Å². The molecule has 0 aliphatic carbocycles. The van der Waals surface area contributed by atoms with Gasteiger partial charge in [0.25, 0.3) is 11.8 Å². The first-order chi connectivity index (χ1) is 17.8. The van der Waals surface area contributed by atoms with E-state index in [4.69, 9.17) is 9.57 Å². The second-order valence-electron chi connectivity index (χ2n) is 8.97. The first kappa shape index (κ1) is 27.6. The molecule has 2 aromatic carbocycles. The summed E-state index contributed by atoms with van der Waals surface area (Å²) in [7, 11) is 0. The van der Waals surface area contributed by atoms with E-state index in [9.17, 15) is 24.0 Å². The lowest BCUT2D eigenvalue weighted by Crippen LogP contribution is -2.39. The third-order valence-electron chi connectivity index (χ3n) is 5.99. The topological polar surface area (TPSA) is 119 Å². The average Bonchev–Trinajstić information content (AvgIpc) is 3.20. The molecule has 2 aromatic rings. The highest BCUT2D eigenvalue weighted by molar-refractivity contribution is 6.01. The maximum Gasteiger partial charge on any atom is 0.333 e. The Labute approximate surface area is 216 Å². The van der Waals surface area contributed by atoms with Gasteiger partial charge in [-0.15, -0.1) is 5.06 Å². The van der Waals surface area contributed by atoms with Crippen molar-refractivity contribution in [1.29, 1.82) is 0 Å². The van der Waals surface area contributed by atoms with Crippen molar-refractivity contribution in [2.75, 3.05) is 6.61 Å². The molecular weight excluding hydrogens is 476 g/mol. The number of ether oxygens (including phenoxy) is 1. The minimum Gasteiger partial charge on any atom is -0.466 e. The number of imide groups is 1. The Balaban J connectivity index is 1.60. The van der Waals surface area contributed by atoms with E-state index < -0.39 is 29.6 Å². The highest BCUT2D eigenvalue weighted by atomic mass is 16.7. The largest absolute Gasteiger partial charge is 0.466 e. The number of carbonyl (C=O) groups is 5. The van der Waals surface area contributed by atoms with Crippen molar-refractivity contribution in [2.45, 2.75) is 58.4 Å². The molecule has 1 aliphatic heterocycles. The van der Waals surface area contributed by atoms with Crippen LogP contribution in [0.2, 0.25) is 0 Å². The van der Waals surface area contributed by atoms with Crippen molar-refractivity contribution >= 4 is 29.7 Å². The van der Waals surface area contributed by atoms with Gasteiger partial charge in [-0.1, -0.05) is 61.5 Å². The summed E-state index contributed by atoms with van der Waals surface area (Å²) in [6, 6.07) is 17.6. The van der Waals surface area contributed by atoms with Gasteiger partial charge in [0, 0.05) is 25.3 Å². The number of rotatable bonds is 12. The molecular formula is C28H32N2O7. The molecule has 2 atom stereocenters. The van der Waals surface area contributed by atoms with Gasteiger partial charge in [-0.2, -0.15) is 0 Å². The van der Waals surface area contributed by atoms with Gasteiger partial charge in [0.05, 0.1) is 18.9 Å². The van der Waals surface area contributed by atoms with Crippen LogP contribution in [0.15, 0.2) is 54.6 Å². The fourth-order valence-electron chi connectivity index (χ4n) is 4.07. The average molecular weight is 509 g/mol. The Kier molecular flexibility index (Phi) is 9.94. The maximum atomic E-state index is 12.6. The molecule has 0 spiro atoms. The zero-order valence-electron chi connectivity index (χ0n) is 21.1. The third kappa shape index (κ3) is 8.27. The van der Waals surface area contributed by atoms with Gasteiger partial charge in [0.2, 0.25) is 5.91 Å². The molecule has 0 saturated carbocycles. The summed E-state index contributed by atoms with van der Waals surface area (Å²) in [4.78, 5) is 64.9. The van der Waals surface area contributed by atoms with Crippen LogP contribution in [0.4, 0.5) is 0 Å². The van der Waals surface area contributed by atoms with Gasteiger partial charge < -0.3 is 14.9 Å². The van der Waals surface area contributed by atoms with Gasteiger partial charge in [0.1, 0.15) is 0 Å². The summed E-state index contributed by atoms with van der Waals surface area (Å²) in [6.07, 6.45) is 0.345. The molecule has 37 heavy (non-hydrogen) atoms. The van der Waals surface area contributed by atoms with E-state index >= 15 is 0 Å². The maximum absolute atomic E-state index is 12.6. The van der Waals surface area contributed by atoms with Crippen LogP contribution in [-0.2, 0) is 40.0 Å². The van der Waals surface area contributed by atoms with Crippen LogP contribution in [0.3, 0.4) is 0 Å². The van der Waals surface area contributed by atoms with Gasteiger partial charge in [-0.05, 0) is 36.5 Å². The second kappa shape index (κ2) is 13.3. The molecule has 0 aromatic heterocycles. The number of nitrogens with zero attached hydrogens (tertiary/aromatic N) is 1. The number of hydrogen-bond acceptors (Lipinski definition) is 7. The van der Waals surface area contributed by atoms with Crippen LogP contribution >= 0.6 is 0 Å². The molecule has 1 aliphatic rings. The first-order valence-corrected chi connectivity index (χ1v) is 12.4. The van der Waals surface area contributed by atoms with Gasteiger partial charge >= 0.3 is 11.9 Å². The highest BCUT2D eigenvalue weighted by Crippen LogP contribution is 2.21. The van der Waals surface area contributed by atoms with E-state index in [1.807, 2.05) is 54.6 Å². The summed E-state index contributed by atoms with van der Waals surface area (Å²) in [5.41, 5.74) is 3.14. The normalized spacial score (nSPS) is 14.7. The van der Waals surface area contributed by atoms with Crippen molar-refractivity contribution in [3.05, 3.63) is 60.2 Å². The molecule has 1 fully saturated rings. The van der Waals surface area contributed by atoms with Crippen LogP contribution in [0.5, 0.6) is 0 Å². The zero-order valence-corrected chi connectivity index (χ0v) is 21.1. The number of hydroxylamine groups is 2. The minimum atomic E-state index is -0.841. The molecule has 0 bridgehead atoms. The van der Waals surface area contributed by atoms with Crippen molar-refractivity contribution in [3.8, 4) is 11.1 Å². The lowest BCUT2D eigenvalue weighted by atomic mass is 9.94. The Morgan fingerprint density at radius 2 is 1.54 bits per heavy atom. The fourth-order valence-corrected chi connectivity index (χ4v) is 4.07. The van der Waals surface area contributed by atoms with E-state index in [1.165, 1.54) is 0 Å². The molecule has 1 N–H and O–H groups in total. The molecule has 9 nitrogen and oxygen atoms in total. The predicted octanol–water partition coefficient (Wildman–Crippen LogP) is 3.36. The van der Waals surface area contributed by atoms with Crippen molar-refractivity contribution in [2.24, 2.45) is 5.92 Å². The first-order valence-electron chi connectivity index (χ1n) is 12.4. The highest BCUT2D eigenvalue weighted by Gasteiger charge is 2.33. The summed E-state index contributed by atoms with van der Waals surface area (Å²) in [6.45, 7) is 3.75. The molecule has 9 heteroatoms. The quantitative estimate of drug-likeness (QED) is 0.345. The van der Waals surface area contributed by atoms with Crippen LogP contribution in [-0.4, -0.2) is 47.4 Å². The standard InChI is InChI=1S/C28H32N2O7/c1-3-36-28(35)19(2)17-23(18-20-9-11-22(12-10-20)21-7-5-4-6-8-21)29-24(31)13-16-27(34)37-30-25(32)14-15-26(30)33/h4-12,19,23H,3,13-18H2,1-2H3,(H,29,31)/t19-,23+/m1/s1. The van der Waals surface area contributed by atoms with Crippen LogP contribution < -0.4 is 5.32 Å². The third-order valence-corrected chi connectivity index (χ3v) is 5.99. The molecule has 1 heterocycles. The van der Waals surface area contributed by atoms with Crippen LogP contribution in [0.1, 0.15) is 51.5 Å². The summed E-state index contributed by atoms with van der Waals surface area (Å²) in [5.74, 6) is -3.18. The Morgan fingerprint density at radius 1 is 0.919 bits per heavy atom. The van der Waals surface area contributed by atoms with Crippen LogP contribution in [0, 0.1) is 5.92 Å². The van der Waals surface area contributed by atoms with Crippen molar-refractivity contribution < 1.29 is 33.5 Å². The Bertz CT molecular complexity index is 1100. The molecule has 3 amide bonds. The van der Waals surface area contributed by atoms with E-state index in [2.05, 4.69) is 5.32 Å². The van der Waals surface area contributed by atoms with E-state index in [-0.39, 0.29) is 44.3 Å². The SMILES string of the molecule is CCOC(=O)[C@H](C)C[C@@H](Cc1ccc(-c2ccccc2)cc1)NC(=O)CCC(=O)ON1C(=O)CCC1=O.